The van der Waals surface area contributed by atoms with Gasteiger partial charge in [0.05, 0.1) is 12.3 Å². The number of aliphatic hydroxyl groups excluding tert-OH is 1. The van der Waals surface area contributed by atoms with Crippen molar-refractivity contribution in [1.82, 2.24) is 5.32 Å². The average molecular weight is 331 g/mol. The predicted molar refractivity (Wildman–Crippen MR) is 93.0 cm³/mol. The van der Waals surface area contributed by atoms with Crippen molar-refractivity contribution < 1.29 is 14.2 Å². The number of aliphatic hydroxyl groups is 1. The quantitative estimate of drug-likeness (QED) is 0.762. The van der Waals surface area contributed by atoms with Gasteiger partial charge in [0, 0.05) is 6.04 Å². The molecule has 4 nitrogen and oxygen atoms in total. The SMILES string of the molecule is OC(CP(Oc1ccccc1)Oc1ccccc1)[C@@H]1CCCN1. The largest absolute Gasteiger partial charge is 0.439 e. The molecule has 1 aliphatic rings. The Balaban J connectivity index is 1.67. The molecule has 1 unspecified atom stereocenters. The normalized spacial score (nSPS) is 18.8. The third kappa shape index (κ3) is 4.93. The number of hydrogen-bond acceptors (Lipinski definition) is 4. The van der Waals surface area contributed by atoms with E-state index in [1.54, 1.807) is 0 Å². The second-order valence-electron chi connectivity index (χ2n) is 5.59. The highest BCUT2D eigenvalue weighted by molar-refractivity contribution is 7.48. The summed E-state index contributed by atoms with van der Waals surface area (Å²) in [7, 11) is -1.26. The topological polar surface area (TPSA) is 50.7 Å². The van der Waals surface area contributed by atoms with Gasteiger partial charge >= 0.3 is 0 Å². The van der Waals surface area contributed by atoms with Crippen LogP contribution in [0.2, 0.25) is 0 Å². The molecular formula is C18H22NO3P. The summed E-state index contributed by atoms with van der Waals surface area (Å²) in [5.41, 5.74) is 0. The van der Waals surface area contributed by atoms with E-state index in [1.807, 2.05) is 60.7 Å². The predicted octanol–water partition coefficient (Wildman–Crippen LogP) is 3.57. The van der Waals surface area contributed by atoms with Crippen molar-refractivity contribution >= 4 is 8.38 Å². The molecule has 0 radical (unpaired) electrons. The molecule has 3 rings (SSSR count). The van der Waals surface area contributed by atoms with E-state index in [-0.39, 0.29) is 6.04 Å². The van der Waals surface area contributed by atoms with Gasteiger partial charge in [-0.2, -0.15) is 0 Å². The van der Waals surface area contributed by atoms with Crippen molar-refractivity contribution in [2.24, 2.45) is 0 Å². The molecule has 0 saturated carbocycles. The minimum atomic E-state index is -1.26. The summed E-state index contributed by atoms with van der Waals surface area (Å²) in [6.45, 7) is 0.971. The van der Waals surface area contributed by atoms with Crippen molar-refractivity contribution in [3.05, 3.63) is 60.7 Å². The summed E-state index contributed by atoms with van der Waals surface area (Å²) in [6.07, 6.45) is 2.13. The van der Waals surface area contributed by atoms with Gasteiger partial charge in [0.15, 0.2) is 0 Å². The lowest BCUT2D eigenvalue weighted by Gasteiger charge is -2.24. The van der Waals surface area contributed by atoms with Crippen molar-refractivity contribution in [2.75, 3.05) is 12.7 Å². The maximum absolute atomic E-state index is 10.5. The molecule has 0 amide bonds. The Labute approximate surface area is 138 Å². The van der Waals surface area contributed by atoms with Crippen LogP contribution in [0.1, 0.15) is 12.8 Å². The molecule has 0 bridgehead atoms. The zero-order valence-electron chi connectivity index (χ0n) is 13.0. The van der Waals surface area contributed by atoms with Gasteiger partial charge in [0.1, 0.15) is 11.5 Å². The highest BCUT2D eigenvalue weighted by atomic mass is 31.2. The van der Waals surface area contributed by atoms with Gasteiger partial charge < -0.3 is 19.5 Å². The van der Waals surface area contributed by atoms with Gasteiger partial charge in [-0.25, -0.2) is 0 Å². The van der Waals surface area contributed by atoms with Crippen LogP contribution in [0.25, 0.3) is 0 Å². The van der Waals surface area contributed by atoms with Crippen LogP contribution in [0.5, 0.6) is 11.5 Å². The second kappa shape index (κ2) is 8.30. The molecule has 5 heteroatoms. The van der Waals surface area contributed by atoms with E-state index >= 15 is 0 Å². The van der Waals surface area contributed by atoms with Gasteiger partial charge in [0.2, 0.25) is 0 Å². The minimum absolute atomic E-state index is 0.138. The first kappa shape index (κ1) is 16.3. The second-order valence-corrected chi connectivity index (χ2v) is 6.99. The molecule has 0 aromatic heterocycles. The summed E-state index contributed by atoms with van der Waals surface area (Å²) >= 11 is 0. The Morgan fingerprint density at radius 1 is 1.00 bits per heavy atom. The zero-order valence-corrected chi connectivity index (χ0v) is 13.9. The molecule has 122 valence electrons. The molecule has 1 fully saturated rings. The summed E-state index contributed by atoms with van der Waals surface area (Å²) in [5, 5.41) is 13.8. The lowest BCUT2D eigenvalue weighted by molar-refractivity contribution is 0.154. The molecule has 23 heavy (non-hydrogen) atoms. The fourth-order valence-corrected chi connectivity index (χ4v) is 4.07. The van der Waals surface area contributed by atoms with Gasteiger partial charge in [-0.05, 0) is 43.7 Å². The Hall–Kier alpha value is -1.61. The first-order valence-electron chi connectivity index (χ1n) is 7.96. The standard InChI is InChI=1S/C18H22NO3P/c20-18(17-12-7-13-19-17)14-23(21-15-8-3-1-4-9-15)22-16-10-5-2-6-11-16/h1-6,8-11,17-20H,7,12-14H2/t17-,18?/m0/s1. The lowest BCUT2D eigenvalue weighted by Crippen LogP contribution is -2.37. The molecular weight excluding hydrogens is 309 g/mol. The van der Waals surface area contributed by atoms with Gasteiger partial charge in [-0.1, -0.05) is 36.4 Å². The summed E-state index contributed by atoms with van der Waals surface area (Å²) in [4.78, 5) is 0. The Kier molecular flexibility index (Phi) is 5.87. The monoisotopic (exact) mass is 331 g/mol. The van der Waals surface area contributed by atoms with Crippen LogP contribution in [-0.2, 0) is 0 Å². The fourth-order valence-electron chi connectivity index (χ4n) is 2.61. The van der Waals surface area contributed by atoms with Gasteiger partial charge in [-0.15, -0.1) is 0 Å². The van der Waals surface area contributed by atoms with Crippen LogP contribution < -0.4 is 14.4 Å². The van der Waals surface area contributed by atoms with Gasteiger partial charge in [0.25, 0.3) is 8.38 Å². The van der Waals surface area contributed by atoms with Crippen molar-refractivity contribution in [3.63, 3.8) is 0 Å². The lowest BCUT2D eigenvalue weighted by atomic mass is 10.1. The van der Waals surface area contributed by atoms with Crippen LogP contribution in [0.3, 0.4) is 0 Å². The molecule has 1 aliphatic heterocycles. The molecule has 1 saturated heterocycles. The zero-order chi connectivity index (χ0) is 15.9. The summed E-state index contributed by atoms with van der Waals surface area (Å²) < 4.78 is 12.0. The smallest absolute Gasteiger partial charge is 0.293 e. The van der Waals surface area contributed by atoms with Crippen LogP contribution in [0, 0.1) is 0 Å². The molecule has 2 N–H and O–H groups in total. The van der Waals surface area contributed by atoms with E-state index < -0.39 is 14.5 Å². The number of nitrogens with one attached hydrogen (secondary N) is 1. The Morgan fingerprint density at radius 2 is 1.57 bits per heavy atom. The van der Waals surface area contributed by atoms with Crippen molar-refractivity contribution in [1.29, 1.82) is 0 Å². The van der Waals surface area contributed by atoms with Crippen LogP contribution in [0.15, 0.2) is 60.7 Å². The molecule has 2 atom stereocenters. The van der Waals surface area contributed by atoms with E-state index in [0.717, 1.165) is 30.9 Å². The maximum Gasteiger partial charge on any atom is 0.293 e. The maximum atomic E-state index is 10.5. The van der Waals surface area contributed by atoms with Gasteiger partial charge in [-0.3, -0.25) is 0 Å². The third-order valence-electron chi connectivity index (χ3n) is 3.80. The van der Waals surface area contributed by atoms with Crippen LogP contribution in [0.4, 0.5) is 0 Å². The van der Waals surface area contributed by atoms with Crippen LogP contribution >= 0.6 is 8.38 Å². The van der Waals surface area contributed by atoms with E-state index in [1.165, 1.54) is 0 Å². The molecule has 2 aromatic carbocycles. The van der Waals surface area contributed by atoms with Crippen molar-refractivity contribution in [3.8, 4) is 11.5 Å². The number of hydrogen-bond donors (Lipinski definition) is 2. The molecule has 1 heterocycles. The first-order chi connectivity index (χ1) is 11.3. The summed E-state index contributed by atoms with van der Waals surface area (Å²) in [5.74, 6) is 1.53. The number of para-hydroxylation sites is 2. The molecule has 0 spiro atoms. The van der Waals surface area contributed by atoms with Crippen molar-refractivity contribution in [2.45, 2.75) is 25.0 Å². The highest BCUT2D eigenvalue weighted by Gasteiger charge is 2.28. The van der Waals surface area contributed by atoms with E-state index in [0.29, 0.717) is 6.16 Å². The minimum Gasteiger partial charge on any atom is -0.439 e. The average Bonchev–Trinajstić information content (AvgIpc) is 3.11. The van der Waals surface area contributed by atoms with E-state index in [4.69, 9.17) is 9.05 Å². The Morgan fingerprint density at radius 3 is 2.04 bits per heavy atom. The van der Waals surface area contributed by atoms with E-state index in [2.05, 4.69) is 5.32 Å². The third-order valence-corrected chi connectivity index (χ3v) is 5.30. The van der Waals surface area contributed by atoms with Crippen LogP contribution in [-0.4, -0.2) is 30.0 Å². The summed E-state index contributed by atoms with van der Waals surface area (Å²) in [6, 6.07) is 19.4. The Bertz CT molecular complexity index is 534. The molecule has 2 aromatic rings. The fraction of sp³-hybridized carbons (Fsp3) is 0.333. The number of benzene rings is 2. The first-order valence-corrected chi connectivity index (χ1v) is 9.32. The van der Waals surface area contributed by atoms with E-state index in [9.17, 15) is 5.11 Å². The highest BCUT2D eigenvalue weighted by Crippen LogP contribution is 2.41. The number of rotatable bonds is 7. The molecule has 0 aliphatic carbocycles.